The molecule has 0 unspecified atom stereocenters. The monoisotopic (exact) mass is 1580 g/mol. The number of benzene rings is 20. The van der Waals surface area contributed by atoms with Gasteiger partial charge in [0.05, 0.1) is 48.5 Å². The predicted molar refractivity (Wildman–Crippen MR) is 507 cm³/mol. The Bertz CT molecular complexity index is 7020. The van der Waals surface area contributed by atoms with Crippen LogP contribution in [0.1, 0.15) is 84.7 Å². The molecule has 3 aromatic heterocycles. The summed E-state index contributed by atoms with van der Waals surface area (Å²) in [5, 5.41) is 31.8. The lowest BCUT2D eigenvalue weighted by Gasteiger charge is -2.16. The molecule has 0 amide bonds. The van der Waals surface area contributed by atoms with Gasteiger partial charge in [0, 0.05) is 25.2 Å². The molecule has 0 aliphatic heterocycles. The molecule has 0 spiro atoms. The maximum atomic E-state index is 6.85. The van der Waals surface area contributed by atoms with E-state index in [0.29, 0.717) is 39.5 Å². The Labute approximate surface area is 707 Å². The SMILES string of the molecule is c1cc(-c2nc3ccccc3n2Cc2cc(OCCCCc3ccc4ccc5cccc6ccc3c4c56)cc(OCCCCc3ccc4ccc5cccc6ccc3c4c56)c2)nc(-c2nc3ccccc3n2Cc2cc(OCCCCc3ccc4ccc5cccc6ccc3c4c56)cc(OCCCCc3ccc4ccc5cccc6ccc3c4c56)c2)c1. The van der Waals surface area contributed by atoms with Crippen LogP contribution in [-0.2, 0) is 38.8 Å². The van der Waals surface area contributed by atoms with Crippen molar-refractivity contribution >= 4 is 151 Å². The summed E-state index contributed by atoms with van der Waals surface area (Å²) in [7, 11) is 0. The molecule has 23 rings (SSSR count). The van der Waals surface area contributed by atoms with E-state index in [0.717, 1.165) is 156 Å². The minimum absolute atomic E-state index is 0.489. The van der Waals surface area contributed by atoms with Crippen molar-refractivity contribution in [1.29, 1.82) is 0 Å². The van der Waals surface area contributed by atoms with Gasteiger partial charge in [-0.25, -0.2) is 15.0 Å². The Balaban J connectivity index is 0.522. The summed E-state index contributed by atoms with van der Waals surface area (Å²) in [5.41, 5.74) is 12.8. The van der Waals surface area contributed by atoms with E-state index >= 15 is 0 Å². The lowest BCUT2D eigenvalue weighted by atomic mass is 9.91. The number of unbranched alkanes of at least 4 members (excludes halogenated alkanes) is 4. The normalized spacial score (nSPS) is 12.2. The van der Waals surface area contributed by atoms with E-state index in [4.69, 9.17) is 33.9 Å². The van der Waals surface area contributed by atoms with Crippen molar-refractivity contribution < 1.29 is 18.9 Å². The summed E-state index contributed by atoms with van der Waals surface area (Å²) >= 11 is 0. The van der Waals surface area contributed by atoms with Gasteiger partial charge in [-0.15, -0.1) is 0 Å². The Morgan fingerprint density at radius 1 is 0.213 bits per heavy atom. The van der Waals surface area contributed by atoms with Crippen LogP contribution < -0.4 is 18.9 Å². The molecule has 9 nitrogen and oxygen atoms in total. The van der Waals surface area contributed by atoms with Crippen LogP contribution >= 0.6 is 0 Å². The van der Waals surface area contributed by atoms with Gasteiger partial charge in [-0.3, -0.25) is 0 Å². The van der Waals surface area contributed by atoms with Crippen LogP contribution in [-0.4, -0.2) is 50.5 Å². The minimum Gasteiger partial charge on any atom is -0.493 e. The number of aromatic nitrogens is 5. The van der Waals surface area contributed by atoms with E-state index in [1.807, 2.05) is 0 Å². The van der Waals surface area contributed by atoms with Gasteiger partial charge in [-0.05, 0) is 300 Å². The quantitative estimate of drug-likeness (QED) is 0.0327. The van der Waals surface area contributed by atoms with E-state index in [9.17, 15) is 0 Å². The van der Waals surface area contributed by atoms with E-state index in [1.54, 1.807) is 0 Å². The Morgan fingerprint density at radius 2 is 0.467 bits per heavy atom. The molecule has 23 aromatic rings. The van der Waals surface area contributed by atoms with Crippen LogP contribution in [0.2, 0.25) is 0 Å². The summed E-state index contributed by atoms with van der Waals surface area (Å²) in [6.07, 6.45) is 11.4. The van der Waals surface area contributed by atoms with Crippen molar-refractivity contribution in [1.82, 2.24) is 24.1 Å². The van der Waals surface area contributed by atoms with Gasteiger partial charge in [0.2, 0.25) is 0 Å². The minimum atomic E-state index is 0.489. The fourth-order valence-electron chi connectivity index (χ4n) is 20.2. The van der Waals surface area contributed by atoms with Crippen LogP contribution in [0.15, 0.2) is 322 Å². The summed E-state index contributed by atoms with van der Waals surface area (Å²) in [4.78, 5) is 16.4. The van der Waals surface area contributed by atoms with Crippen LogP contribution in [0, 0.1) is 0 Å². The van der Waals surface area contributed by atoms with Gasteiger partial charge in [0.15, 0.2) is 11.6 Å². The number of fused-ring (bicyclic) bond motifs is 2. The number of rotatable bonds is 30. The highest BCUT2D eigenvalue weighted by Crippen LogP contribution is 2.43. The number of pyridine rings is 1. The molecule has 3 heterocycles. The maximum Gasteiger partial charge on any atom is 0.160 e. The first-order valence-electron chi connectivity index (χ1n) is 43.7. The van der Waals surface area contributed by atoms with Crippen molar-refractivity contribution in [2.45, 2.75) is 90.1 Å². The topological polar surface area (TPSA) is 85.5 Å². The summed E-state index contributed by atoms with van der Waals surface area (Å²) < 4.78 is 32.0. The number of aryl methyl sites for hydroxylation is 4. The molecular weight excluding hydrogens is 1490 g/mol. The van der Waals surface area contributed by atoms with Crippen molar-refractivity contribution in [3.05, 3.63) is 355 Å². The van der Waals surface area contributed by atoms with Gasteiger partial charge >= 0.3 is 0 Å². The number of imidazole rings is 2. The smallest absolute Gasteiger partial charge is 0.160 e. The predicted octanol–water partition coefficient (Wildman–Crippen LogP) is 28.4. The number of nitrogens with zero attached hydrogens (tertiary/aromatic N) is 5. The lowest BCUT2D eigenvalue weighted by molar-refractivity contribution is 0.291. The summed E-state index contributed by atoms with van der Waals surface area (Å²) in [6, 6.07) is 118. The average molecular weight is 1580 g/mol. The lowest BCUT2D eigenvalue weighted by Crippen LogP contribution is -2.07. The van der Waals surface area contributed by atoms with E-state index < -0.39 is 0 Å². The van der Waals surface area contributed by atoms with Gasteiger partial charge in [0.1, 0.15) is 34.4 Å². The Morgan fingerprint density at radius 3 is 0.762 bits per heavy atom. The average Bonchev–Trinajstić information content (AvgIpc) is 1.10. The Kier molecular flexibility index (Phi) is 18.7. The zero-order valence-corrected chi connectivity index (χ0v) is 68.2. The van der Waals surface area contributed by atoms with Crippen LogP contribution in [0.4, 0.5) is 0 Å². The fourth-order valence-corrected chi connectivity index (χ4v) is 20.2. The second kappa shape index (κ2) is 31.2. The number of hydrogen-bond acceptors (Lipinski definition) is 7. The van der Waals surface area contributed by atoms with Crippen LogP contribution in [0.25, 0.3) is 174 Å². The molecule has 0 saturated heterocycles. The van der Waals surface area contributed by atoms with Crippen LogP contribution in [0.3, 0.4) is 0 Å². The molecule has 0 saturated carbocycles. The highest BCUT2D eigenvalue weighted by Gasteiger charge is 2.23. The molecule has 0 aliphatic carbocycles. The second-order valence-electron chi connectivity index (χ2n) is 33.6. The van der Waals surface area contributed by atoms with E-state index in [2.05, 4.69) is 331 Å². The van der Waals surface area contributed by atoms with Gasteiger partial charge in [0.25, 0.3) is 0 Å². The summed E-state index contributed by atoms with van der Waals surface area (Å²) in [5.74, 6) is 4.65. The third-order valence-electron chi connectivity index (χ3n) is 26.0. The van der Waals surface area contributed by atoms with Crippen molar-refractivity contribution in [2.75, 3.05) is 26.4 Å². The van der Waals surface area contributed by atoms with Crippen LogP contribution in [0.5, 0.6) is 23.0 Å². The van der Waals surface area contributed by atoms with Crippen molar-refractivity contribution in [3.8, 4) is 46.0 Å². The second-order valence-corrected chi connectivity index (χ2v) is 33.6. The first kappa shape index (κ1) is 73.0. The third-order valence-corrected chi connectivity index (χ3v) is 26.0. The van der Waals surface area contributed by atoms with Gasteiger partial charge < -0.3 is 28.1 Å². The highest BCUT2D eigenvalue weighted by atomic mass is 16.5. The molecule has 0 atom stereocenters. The number of para-hydroxylation sites is 4. The van der Waals surface area contributed by atoms with Crippen molar-refractivity contribution in [2.24, 2.45) is 0 Å². The van der Waals surface area contributed by atoms with E-state index in [-0.39, 0.29) is 0 Å². The standard InChI is InChI=1S/C113H89N5O4/c1-3-34-102-98(30-1)115-112(117(102)70-72-64-90(119-60-9-5-18-74-36-40-86-48-44-78-22-13-26-82-52-56-94(74)108(86)104(78)82)68-91(65-72)120-61-10-6-19-75-37-41-87-49-45-79-23-14-27-83-53-57-95(75)109(87)105(79)83)100-32-17-33-101(114-100)113-116-99-31-2-4-35-103(99)118(113)71-73-66-92(121-62-11-7-20-76-38-42-88-50-46-80-24-15-28-84-54-58-96(76)110(88)106(80)84)69-93(67-73)122-63-12-8-21-77-39-43-89-51-47-81-25-16-29-85-55-59-97(77)111(89)107(81)85/h1-4,13-17,22-59,64-69H,5-12,18-21,60-63,70-71H2. The molecule has 20 aromatic carbocycles. The molecule has 0 bridgehead atoms. The molecule has 0 aliphatic rings. The maximum absolute atomic E-state index is 6.85. The highest BCUT2D eigenvalue weighted by molar-refractivity contribution is 6.27. The summed E-state index contributed by atoms with van der Waals surface area (Å²) in [6.45, 7) is 3.26. The number of hydrogen-bond donors (Lipinski definition) is 0. The Hall–Kier alpha value is -14.2. The zero-order chi connectivity index (χ0) is 80.6. The molecule has 590 valence electrons. The molecular formula is C113H89N5O4. The van der Waals surface area contributed by atoms with Gasteiger partial charge in [-0.2, -0.15) is 0 Å². The number of ether oxygens (including phenoxy) is 4. The zero-order valence-electron chi connectivity index (χ0n) is 68.2. The van der Waals surface area contributed by atoms with Crippen molar-refractivity contribution in [3.63, 3.8) is 0 Å². The third kappa shape index (κ3) is 13.5. The first-order valence-corrected chi connectivity index (χ1v) is 43.7. The molecule has 0 fully saturated rings. The van der Waals surface area contributed by atoms with E-state index in [1.165, 1.54) is 152 Å². The molecule has 0 radical (unpaired) electrons. The van der Waals surface area contributed by atoms with Gasteiger partial charge in [-0.1, -0.05) is 249 Å². The fraction of sp³-hybridized carbons (Fsp3) is 0.159. The molecule has 0 N–H and O–H groups in total. The largest absolute Gasteiger partial charge is 0.493 e. The first-order chi connectivity index (χ1) is 60.4. The molecule has 9 heteroatoms. The molecule has 122 heavy (non-hydrogen) atoms.